The molecule has 0 aromatic heterocycles. The van der Waals surface area contributed by atoms with E-state index in [-0.39, 0.29) is 15.5 Å². The summed E-state index contributed by atoms with van der Waals surface area (Å²) in [5.41, 5.74) is 3.70. The van der Waals surface area contributed by atoms with Crippen LogP contribution in [0.5, 0.6) is 0 Å². The molecule has 7 nitrogen and oxygen atoms in total. The number of hydrogen-bond acceptors (Lipinski definition) is 5. The summed E-state index contributed by atoms with van der Waals surface area (Å²) < 4.78 is 67.9. The Bertz CT molecular complexity index is 1810. The van der Waals surface area contributed by atoms with Crippen molar-refractivity contribution >= 4 is 43.8 Å². The minimum Gasteiger partial charge on any atom is -0.354 e. The van der Waals surface area contributed by atoms with Gasteiger partial charge >= 0.3 is 0 Å². The topological polar surface area (TPSA) is 121 Å². The fourth-order valence-corrected chi connectivity index (χ4v) is 5.71. The summed E-state index contributed by atoms with van der Waals surface area (Å²) >= 11 is 0. The van der Waals surface area contributed by atoms with E-state index in [0.29, 0.717) is 38.7 Å². The average Bonchev–Trinajstić information content (AvgIpc) is 2.82. The van der Waals surface area contributed by atoms with Gasteiger partial charge in [0.1, 0.15) is 9.79 Å². The molecule has 4 rings (SSSR count). The van der Waals surface area contributed by atoms with E-state index in [9.17, 15) is 25.9 Å². The van der Waals surface area contributed by atoms with Gasteiger partial charge in [0.05, 0.1) is 5.69 Å². The number of rotatable bonds is 6. The van der Waals surface area contributed by atoms with E-state index in [4.69, 9.17) is 0 Å². The van der Waals surface area contributed by atoms with E-state index >= 15 is 0 Å². The number of aryl methyl sites for hydroxylation is 2. The van der Waals surface area contributed by atoms with E-state index in [1.54, 1.807) is 68.4 Å². The maximum Gasteiger partial charge on any atom is 0.296 e. The molecular weight excluding hydrogens is 510 g/mol. The Balaban J connectivity index is 1.87. The Labute approximate surface area is 215 Å². The lowest BCUT2D eigenvalue weighted by molar-refractivity contribution is 0.481. The van der Waals surface area contributed by atoms with Gasteiger partial charge in [0.2, 0.25) is 0 Å². The fourth-order valence-electron chi connectivity index (χ4n) is 4.20. The van der Waals surface area contributed by atoms with Gasteiger partial charge in [-0.05, 0) is 70.8 Å². The highest BCUT2D eigenvalue weighted by molar-refractivity contribution is 7.86. The first kappa shape index (κ1) is 26.3. The molecule has 0 saturated carbocycles. The monoisotopic (exact) mass is 535 g/mol. The Kier molecular flexibility index (Phi) is 7.07. The summed E-state index contributed by atoms with van der Waals surface area (Å²) in [6.07, 6.45) is 0. The number of nitrogens with one attached hydrogen (secondary N) is 1. The van der Waals surface area contributed by atoms with E-state index in [2.05, 4.69) is 11.9 Å². The molecule has 0 saturated heterocycles. The number of anilines is 2. The first-order valence-corrected chi connectivity index (χ1v) is 14.0. The first-order valence-electron chi connectivity index (χ1n) is 11.2. The van der Waals surface area contributed by atoms with Crippen molar-refractivity contribution < 1.29 is 25.9 Å². The minimum atomic E-state index is -4.50. The third-order valence-electron chi connectivity index (χ3n) is 5.84. The zero-order valence-electron chi connectivity index (χ0n) is 20.1. The summed E-state index contributed by atoms with van der Waals surface area (Å²) in [6, 6.07) is 23.6. The number of benzene rings is 4. The van der Waals surface area contributed by atoms with Crippen LogP contribution in [-0.4, -0.2) is 25.9 Å². The van der Waals surface area contributed by atoms with Gasteiger partial charge in [-0.3, -0.25) is 9.11 Å². The molecule has 0 aliphatic heterocycles. The van der Waals surface area contributed by atoms with Crippen molar-refractivity contribution in [2.45, 2.75) is 23.6 Å². The van der Waals surface area contributed by atoms with Crippen LogP contribution in [0, 0.1) is 13.8 Å². The standard InChI is InChI=1S/C28H25NO6S2/c1-18-8-10-21(11-9-18)27(24-6-4-5-7-25(24)36(30,31)32)22-12-14-23(15-13-22)29-28-20(3)16-19(2)17-26(28)37(33,34)35/h4-17,29H,1H2,2-3H3,(H,30,31,32)(H,33,34,35). The van der Waals surface area contributed by atoms with Gasteiger partial charge in [-0.1, -0.05) is 67.2 Å². The van der Waals surface area contributed by atoms with Crippen molar-refractivity contribution in [2.24, 2.45) is 0 Å². The number of hydrogen-bond donors (Lipinski definition) is 3. The van der Waals surface area contributed by atoms with Crippen LogP contribution in [0.4, 0.5) is 11.4 Å². The second-order valence-corrected chi connectivity index (χ2v) is 11.5. The molecule has 0 bridgehead atoms. The van der Waals surface area contributed by atoms with Crippen LogP contribution in [0.25, 0.3) is 12.2 Å². The van der Waals surface area contributed by atoms with Gasteiger partial charge in [0.15, 0.2) is 0 Å². The molecule has 0 unspecified atom stereocenters. The van der Waals surface area contributed by atoms with E-state index in [0.717, 1.165) is 5.22 Å². The van der Waals surface area contributed by atoms with Crippen LogP contribution >= 0.6 is 0 Å². The quantitative estimate of drug-likeness (QED) is 0.317. The molecule has 37 heavy (non-hydrogen) atoms. The zero-order valence-corrected chi connectivity index (χ0v) is 21.8. The van der Waals surface area contributed by atoms with Gasteiger partial charge < -0.3 is 5.32 Å². The van der Waals surface area contributed by atoms with Crippen LogP contribution in [0.3, 0.4) is 0 Å². The van der Waals surface area contributed by atoms with Crippen LogP contribution < -0.4 is 15.8 Å². The molecular formula is C28H25NO6S2. The van der Waals surface area contributed by atoms with Crippen LogP contribution in [0.15, 0.2) is 94.7 Å². The van der Waals surface area contributed by atoms with Gasteiger partial charge in [-0.15, -0.1) is 0 Å². The second kappa shape index (κ2) is 9.95. The molecule has 0 aliphatic carbocycles. The van der Waals surface area contributed by atoms with Crippen LogP contribution in [0.2, 0.25) is 0 Å². The fraction of sp³-hybridized carbons (Fsp3) is 0.0714. The summed E-state index contributed by atoms with van der Waals surface area (Å²) in [7, 11) is -8.97. The summed E-state index contributed by atoms with van der Waals surface area (Å²) in [6.45, 7) is 7.38. The van der Waals surface area contributed by atoms with E-state index in [1.165, 1.54) is 18.2 Å². The largest absolute Gasteiger partial charge is 0.354 e. The smallest absolute Gasteiger partial charge is 0.296 e. The van der Waals surface area contributed by atoms with Crippen molar-refractivity contribution in [1.82, 2.24) is 0 Å². The highest BCUT2D eigenvalue weighted by Gasteiger charge is 2.20. The van der Waals surface area contributed by atoms with Gasteiger partial charge in [-0.25, -0.2) is 0 Å². The Morgan fingerprint density at radius 2 is 1.35 bits per heavy atom. The Morgan fingerprint density at radius 3 is 1.95 bits per heavy atom. The Morgan fingerprint density at radius 1 is 0.757 bits per heavy atom. The maximum atomic E-state index is 12.2. The molecule has 190 valence electrons. The summed E-state index contributed by atoms with van der Waals surface area (Å²) in [4.78, 5) is -0.448. The molecule has 0 heterocycles. The highest BCUT2D eigenvalue weighted by Crippen LogP contribution is 2.32. The lowest BCUT2D eigenvalue weighted by Crippen LogP contribution is -2.14. The lowest BCUT2D eigenvalue weighted by Gasteiger charge is -2.16. The van der Waals surface area contributed by atoms with Crippen molar-refractivity contribution in [3.8, 4) is 0 Å². The third kappa shape index (κ3) is 5.81. The SMILES string of the molecule is C=c1ccc(=C(c2ccc(Nc3c(C)cc(C)cc3S(=O)(=O)O)cc2)c2ccccc2S(=O)(=O)O)cc1. The normalized spacial score (nSPS) is 11.8. The van der Waals surface area contributed by atoms with Crippen LogP contribution in [0.1, 0.15) is 22.3 Å². The molecule has 0 atom stereocenters. The molecule has 0 aliphatic rings. The van der Waals surface area contributed by atoms with Crippen molar-refractivity contribution in [1.29, 1.82) is 0 Å². The maximum absolute atomic E-state index is 12.2. The Hall–Kier alpha value is -3.76. The predicted molar refractivity (Wildman–Crippen MR) is 145 cm³/mol. The van der Waals surface area contributed by atoms with Crippen molar-refractivity contribution in [2.75, 3.05) is 5.32 Å². The van der Waals surface area contributed by atoms with Gasteiger partial charge in [0, 0.05) is 11.3 Å². The first-order chi connectivity index (χ1) is 17.3. The predicted octanol–water partition coefficient (Wildman–Crippen LogP) is 4.20. The molecule has 4 aromatic carbocycles. The van der Waals surface area contributed by atoms with Crippen molar-refractivity contribution in [3.63, 3.8) is 0 Å². The van der Waals surface area contributed by atoms with E-state index < -0.39 is 20.2 Å². The highest BCUT2D eigenvalue weighted by atomic mass is 32.2. The van der Waals surface area contributed by atoms with Crippen molar-refractivity contribution in [3.05, 3.63) is 118 Å². The molecule has 3 N–H and O–H groups in total. The van der Waals surface area contributed by atoms with E-state index in [1.807, 2.05) is 12.1 Å². The summed E-state index contributed by atoms with van der Waals surface area (Å²) in [5, 5.41) is 4.57. The van der Waals surface area contributed by atoms with Crippen LogP contribution in [-0.2, 0) is 20.2 Å². The summed E-state index contributed by atoms with van der Waals surface area (Å²) in [5.74, 6) is 0. The lowest BCUT2D eigenvalue weighted by atomic mass is 9.95. The second-order valence-electron chi connectivity index (χ2n) is 8.68. The molecule has 9 heteroatoms. The average molecular weight is 536 g/mol. The van der Waals surface area contributed by atoms with Gasteiger partial charge in [0.25, 0.3) is 20.2 Å². The minimum absolute atomic E-state index is 0.223. The molecule has 0 amide bonds. The molecule has 0 spiro atoms. The van der Waals surface area contributed by atoms with Gasteiger partial charge in [-0.2, -0.15) is 16.8 Å². The molecule has 0 radical (unpaired) electrons. The molecule has 4 aromatic rings. The zero-order chi connectivity index (χ0) is 27.0. The molecule has 0 fully saturated rings. The third-order valence-corrected chi connectivity index (χ3v) is 7.63.